The average molecular weight is 251 g/mol. The van der Waals surface area contributed by atoms with E-state index in [1.807, 2.05) is 18.2 Å². The van der Waals surface area contributed by atoms with Gasteiger partial charge in [0.05, 0.1) is 25.9 Å². The molecule has 0 aromatic heterocycles. The third kappa shape index (κ3) is 3.37. The molecule has 1 aromatic rings. The third-order valence-corrected chi connectivity index (χ3v) is 2.85. The first-order chi connectivity index (χ1) is 8.81. The number of nitrogens with two attached hydrogens (primary N) is 1. The number of hydrogen-bond acceptors (Lipinski definition) is 4. The van der Waals surface area contributed by atoms with E-state index in [0.717, 1.165) is 36.5 Å². The van der Waals surface area contributed by atoms with Crippen molar-refractivity contribution in [3.63, 3.8) is 0 Å². The molecule has 0 aliphatic carbocycles. The van der Waals surface area contributed by atoms with Gasteiger partial charge in [-0.15, -0.1) is 0 Å². The normalized spacial score (nSPS) is 16.1. The Morgan fingerprint density at radius 3 is 2.83 bits per heavy atom. The summed E-state index contributed by atoms with van der Waals surface area (Å²) in [5.74, 6) is 1.59. The van der Waals surface area contributed by atoms with Crippen LogP contribution in [0.25, 0.3) is 0 Å². The van der Waals surface area contributed by atoms with Gasteiger partial charge in [-0.1, -0.05) is 13.0 Å². The van der Waals surface area contributed by atoms with Gasteiger partial charge >= 0.3 is 0 Å². The van der Waals surface area contributed by atoms with Gasteiger partial charge in [-0.3, -0.25) is 0 Å². The van der Waals surface area contributed by atoms with Crippen LogP contribution in [0.5, 0.6) is 11.5 Å². The van der Waals surface area contributed by atoms with Crippen molar-refractivity contribution in [3.05, 3.63) is 23.8 Å². The SMILES string of the molecule is CCCOCC(N)c1ccc2c(c1)OCCCO2. The molecule has 0 bridgehead atoms. The first-order valence-corrected chi connectivity index (χ1v) is 6.54. The van der Waals surface area contributed by atoms with E-state index in [2.05, 4.69) is 6.92 Å². The van der Waals surface area contributed by atoms with Crippen LogP contribution in [0.4, 0.5) is 0 Å². The van der Waals surface area contributed by atoms with Gasteiger partial charge in [0.1, 0.15) is 0 Å². The van der Waals surface area contributed by atoms with Gasteiger partial charge < -0.3 is 19.9 Å². The predicted molar refractivity (Wildman–Crippen MR) is 70.1 cm³/mol. The zero-order valence-corrected chi connectivity index (χ0v) is 10.9. The second kappa shape index (κ2) is 6.61. The standard InChI is InChI=1S/C14H21NO3/c1-2-6-16-10-12(15)11-4-5-13-14(9-11)18-8-3-7-17-13/h4-5,9,12H,2-3,6-8,10,15H2,1H3. The lowest BCUT2D eigenvalue weighted by molar-refractivity contribution is 0.121. The molecule has 0 saturated carbocycles. The Morgan fingerprint density at radius 1 is 1.28 bits per heavy atom. The summed E-state index contributed by atoms with van der Waals surface area (Å²) in [6.45, 7) is 4.76. The highest BCUT2D eigenvalue weighted by Gasteiger charge is 2.13. The van der Waals surface area contributed by atoms with Crippen LogP contribution >= 0.6 is 0 Å². The van der Waals surface area contributed by atoms with Gasteiger partial charge in [-0.25, -0.2) is 0 Å². The second-order valence-electron chi connectivity index (χ2n) is 4.44. The molecule has 0 radical (unpaired) electrons. The van der Waals surface area contributed by atoms with Crippen LogP contribution in [0.3, 0.4) is 0 Å². The van der Waals surface area contributed by atoms with Crippen molar-refractivity contribution in [2.75, 3.05) is 26.4 Å². The summed E-state index contributed by atoms with van der Waals surface area (Å²) in [6.07, 6.45) is 1.92. The van der Waals surface area contributed by atoms with Crippen molar-refractivity contribution in [2.45, 2.75) is 25.8 Å². The van der Waals surface area contributed by atoms with Crippen molar-refractivity contribution in [3.8, 4) is 11.5 Å². The van der Waals surface area contributed by atoms with Crippen LogP contribution in [-0.2, 0) is 4.74 Å². The Labute approximate surface area is 108 Å². The van der Waals surface area contributed by atoms with E-state index in [4.69, 9.17) is 19.9 Å². The minimum absolute atomic E-state index is 0.117. The number of hydrogen-bond donors (Lipinski definition) is 1. The second-order valence-corrected chi connectivity index (χ2v) is 4.44. The molecular formula is C14H21NO3. The van der Waals surface area contributed by atoms with E-state index in [1.165, 1.54) is 0 Å². The van der Waals surface area contributed by atoms with E-state index < -0.39 is 0 Å². The zero-order valence-electron chi connectivity index (χ0n) is 10.9. The minimum Gasteiger partial charge on any atom is -0.490 e. The maximum Gasteiger partial charge on any atom is 0.161 e. The molecule has 1 atom stereocenters. The predicted octanol–water partition coefficient (Wildman–Crippen LogP) is 2.27. The van der Waals surface area contributed by atoms with Gasteiger partial charge in [-0.2, -0.15) is 0 Å². The summed E-state index contributed by atoms with van der Waals surface area (Å²) in [6, 6.07) is 5.75. The number of fused-ring (bicyclic) bond motifs is 1. The largest absolute Gasteiger partial charge is 0.490 e. The van der Waals surface area contributed by atoms with E-state index in [0.29, 0.717) is 19.8 Å². The molecule has 1 unspecified atom stereocenters. The molecule has 1 aliphatic rings. The summed E-state index contributed by atoms with van der Waals surface area (Å²) < 4.78 is 16.7. The molecule has 0 spiro atoms. The monoisotopic (exact) mass is 251 g/mol. The molecule has 2 N–H and O–H groups in total. The minimum atomic E-state index is -0.117. The van der Waals surface area contributed by atoms with Crippen LogP contribution in [0.2, 0.25) is 0 Å². The van der Waals surface area contributed by atoms with Crippen LogP contribution in [-0.4, -0.2) is 26.4 Å². The van der Waals surface area contributed by atoms with Crippen molar-refractivity contribution < 1.29 is 14.2 Å². The lowest BCUT2D eigenvalue weighted by Gasteiger charge is -2.15. The van der Waals surface area contributed by atoms with Crippen LogP contribution in [0.15, 0.2) is 18.2 Å². The smallest absolute Gasteiger partial charge is 0.161 e. The molecule has 1 heterocycles. The Bertz CT molecular complexity index is 381. The average Bonchev–Trinajstić information content (AvgIpc) is 2.63. The Hall–Kier alpha value is -1.26. The first kappa shape index (κ1) is 13.2. The van der Waals surface area contributed by atoms with Gasteiger partial charge in [0, 0.05) is 13.0 Å². The molecule has 100 valence electrons. The molecule has 18 heavy (non-hydrogen) atoms. The molecule has 0 fully saturated rings. The summed E-state index contributed by atoms with van der Waals surface area (Å²) >= 11 is 0. The summed E-state index contributed by atoms with van der Waals surface area (Å²) in [4.78, 5) is 0. The summed E-state index contributed by atoms with van der Waals surface area (Å²) in [5.41, 5.74) is 7.11. The fraction of sp³-hybridized carbons (Fsp3) is 0.571. The molecule has 4 heteroatoms. The van der Waals surface area contributed by atoms with Crippen molar-refractivity contribution >= 4 is 0 Å². The van der Waals surface area contributed by atoms with Gasteiger partial charge in [-0.05, 0) is 24.1 Å². The highest BCUT2D eigenvalue weighted by atomic mass is 16.5. The summed E-state index contributed by atoms with van der Waals surface area (Å²) in [5, 5.41) is 0. The van der Waals surface area contributed by atoms with Crippen molar-refractivity contribution in [2.24, 2.45) is 5.73 Å². The Morgan fingerprint density at radius 2 is 2.06 bits per heavy atom. The summed E-state index contributed by atoms with van der Waals surface area (Å²) in [7, 11) is 0. The number of benzene rings is 1. The first-order valence-electron chi connectivity index (χ1n) is 6.54. The van der Waals surface area contributed by atoms with E-state index in [1.54, 1.807) is 0 Å². The van der Waals surface area contributed by atoms with Crippen LogP contribution in [0.1, 0.15) is 31.4 Å². The van der Waals surface area contributed by atoms with Crippen molar-refractivity contribution in [1.82, 2.24) is 0 Å². The molecule has 1 aromatic carbocycles. The molecular weight excluding hydrogens is 230 g/mol. The van der Waals surface area contributed by atoms with Gasteiger partial charge in [0.15, 0.2) is 11.5 Å². The van der Waals surface area contributed by atoms with Gasteiger partial charge in [0.25, 0.3) is 0 Å². The lowest BCUT2D eigenvalue weighted by Crippen LogP contribution is -2.17. The third-order valence-electron chi connectivity index (χ3n) is 2.85. The fourth-order valence-corrected chi connectivity index (χ4v) is 1.86. The quantitative estimate of drug-likeness (QED) is 0.816. The maximum absolute atomic E-state index is 6.09. The molecule has 0 amide bonds. The van der Waals surface area contributed by atoms with E-state index >= 15 is 0 Å². The molecule has 0 saturated heterocycles. The fourth-order valence-electron chi connectivity index (χ4n) is 1.86. The molecule has 2 rings (SSSR count). The zero-order chi connectivity index (χ0) is 12.8. The lowest BCUT2D eigenvalue weighted by atomic mass is 10.1. The highest BCUT2D eigenvalue weighted by Crippen LogP contribution is 2.31. The van der Waals surface area contributed by atoms with Crippen molar-refractivity contribution in [1.29, 1.82) is 0 Å². The maximum atomic E-state index is 6.09. The van der Waals surface area contributed by atoms with Crippen LogP contribution in [0, 0.1) is 0 Å². The number of rotatable bonds is 5. The molecule has 1 aliphatic heterocycles. The van der Waals surface area contributed by atoms with E-state index in [9.17, 15) is 0 Å². The Kier molecular flexibility index (Phi) is 4.84. The molecule has 4 nitrogen and oxygen atoms in total. The van der Waals surface area contributed by atoms with Gasteiger partial charge in [0.2, 0.25) is 0 Å². The Balaban J connectivity index is 2.02. The highest BCUT2D eigenvalue weighted by molar-refractivity contribution is 5.44. The van der Waals surface area contributed by atoms with Crippen LogP contribution < -0.4 is 15.2 Å². The topological polar surface area (TPSA) is 53.7 Å². The number of ether oxygens (including phenoxy) is 3. The van der Waals surface area contributed by atoms with E-state index in [-0.39, 0.29) is 6.04 Å².